The number of carbonyl (C=O) groups excluding carboxylic acids is 1. The van der Waals surface area contributed by atoms with Crippen LogP contribution >= 0.6 is 11.8 Å². The number of fused-ring (bicyclic) bond motifs is 4. The van der Waals surface area contributed by atoms with Crippen molar-refractivity contribution < 1.29 is 4.79 Å². The fourth-order valence-electron chi connectivity index (χ4n) is 5.22. The van der Waals surface area contributed by atoms with Gasteiger partial charge in [0.2, 0.25) is 5.91 Å². The Kier molecular flexibility index (Phi) is 4.94. The molecule has 4 nitrogen and oxygen atoms in total. The van der Waals surface area contributed by atoms with Crippen molar-refractivity contribution in [2.24, 2.45) is 5.92 Å². The van der Waals surface area contributed by atoms with Crippen molar-refractivity contribution in [3.63, 3.8) is 0 Å². The summed E-state index contributed by atoms with van der Waals surface area (Å²) < 4.78 is 2.05. The third kappa shape index (κ3) is 3.27. The number of hydrogen-bond donors (Lipinski definition) is 0. The third-order valence-electron chi connectivity index (χ3n) is 6.29. The molecule has 1 amide bonds. The third-order valence-corrected chi connectivity index (χ3v) is 6.82. The zero-order valence-electron chi connectivity index (χ0n) is 15.1. The standard InChI is InChI=1S/C20H28N2O2S/c1-25-13-19(24)21-10-14-9-16(12-21)20-17(15-5-3-2-4-6-15)7-8-18(23)22(20)11-14/h7-8,14-16H,2-6,9-13H2,1H3/t14-,16+/m0/s1. The number of piperidine rings is 1. The van der Waals surface area contributed by atoms with Crippen molar-refractivity contribution in [3.05, 3.63) is 33.7 Å². The first-order valence-corrected chi connectivity index (χ1v) is 11.1. The van der Waals surface area contributed by atoms with Crippen LogP contribution in [-0.2, 0) is 11.3 Å². The number of thioether (sulfide) groups is 1. The quantitative estimate of drug-likeness (QED) is 0.831. The number of amides is 1. The molecule has 25 heavy (non-hydrogen) atoms. The maximum Gasteiger partial charge on any atom is 0.250 e. The average molecular weight is 361 g/mol. The number of likely N-dealkylation sites (tertiary alicyclic amines) is 1. The lowest BCUT2D eigenvalue weighted by Crippen LogP contribution is -2.50. The molecule has 2 aliphatic heterocycles. The number of hydrogen-bond acceptors (Lipinski definition) is 3. The van der Waals surface area contributed by atoms with E-state index in [2.05, 4.69) is 15.5 Å². The van der Waals surface area contributed by atoms with E-state index in [0.29, 0.717) is 23.5 Å². The molecular formula is C20H28N2O2S. The van der Waals surface area contributed by atoms with Gasteiger partial charge in [0.1, 0.15) is 0 Å². The second kappa shape index (κ2) is 7.18. The number of rotatable bonds is 3. The van der Waals surface area contributed by atoms with E-state index in [4.69, 9.17) is 0 Å². The van der Waals surface area contributed by atoms with Crippen molar-refractivity contribution in [3.8, 4) is 0 Å². The van der Waals surface area contributed by atoms with Crippen LogP contribution in [0.1, 0.15) is 61.6 Å². The fraction of sp³-hybridized carbons (Fsp3) is 0.700. The highest BCUT2D eigenvalue weighted by molar-refractivity contribution is 7.99. The van der Waals surface area contributed by atoms with Crippen molar-refractivity contribution in [2.45, 2.75) is 56.9 Å². The normalized spacial score (nSPS) is 26.4. The Labute approximate surface area is 154 Å². The minimum absolute atomic E-state index is 0.146. The summed E-state index contributed by atoms with van der Waals surface area (Å²) in [4.78, 5) is 27.0. The molecule has 0 radical (unpaired) electrons. The molecule has 1 aromatic heterocycles. The SMILES string of the molecule is CSCC(=O)N1C[C@@H]2C[C@H](C1)c1c(C3CCCCC3)ccc(=O)n1C2. The summed E-state index contributed by atoms with van der Waals surface area (Å²) in [6.07, 6.45) is 9.55. The van der Waals surface area contributed by atoms with Gasteiger partial charge in [-0.3, -0.25) is 9.59 Å². The lowest BCUT2D eigenvalue weighted by molar-refractivity contribution is -0.131. The van der Waals surface area contributed by atoms with Crippen molar-refractivity contribution >= 4 is 17.7 Å². The first kappa shape index (κ1) is 17.2. The van der Waals surface area contributed by atoms with Crippen LogP contribution in [0.5, 0.6) is 0 Å². The van der Waals surface area contributed by atoms with Gasteiger partial charge in [-0.25, -0.2) is 0 Å². The highest BCUT2D eigenvalue weighted by Gasteiger charge is 2.38. The molecule has 1 aliphatic carbocycles. The first-order chi connectivity index (χ1) is 12.2. The summed E-state index contributed by atoms with van der Waals surface area (Å²) in [5, 5.41) is 0. The number of aromatic nitrogens is 1. The number of carbonyl (C=O) groups is 1. The van der Waals surface area contributed by atoms with Crippen LogP contribution in [0.3, 0.4) is 0 Å². The van der Waals surface area contributed by atoms with Crippen molar-refractivity contribution in [1.29, 1.82) is 0 Å². The van der Waals surface area contributed by atoms with Gasteiger partial charge in [0, 0.05) is 37.3 Å². The Hall–Kier alpha value is -1.23. The van der Waals surface area contributed by atoms with E-state index in [9.17, 15) is 9.59 Å². The number of pyridine rings is 1. The molecule has 0 aromatic carbocycles. The molecule has 3 aliphatic rings. The van der Waals surface area contributed by atoms with Crippen LogP contribution in [-0.4, -0.2) is 40.5 Å². The van der Waals surface area contributed by atoms with Gasteiger partial charge >= 0.3 is 0 Å². The largest absolute Gasteiger partial charge is 0.341 e. The summed E-state index contributed by atoms with van der Waals surface area (Å²) in [7, 11) is 0. The summed E-state index contributed by atoms with van der Waals surface area (Å²) in [5.74, 6) is 2.19. The molecule has 0 spiro atoms. The lowest BCUT2D eigenvalue weighted by Gasteiger charge is -2.44. The van der Waals surface area contributed by atoms with E-state index in [-0.39, 0.29) is 11.5 Å². The lowest BCUT2D eigenvalue weighted by atomic mass is 9.76. The molecule has 1 aromatic rings. The highest BCUT2D eigenvalue weighted by Crippen LogP contribution is 2.42. The van der Waals surface area contributed by atoms with E-state index in [1.54, 1.807) is 17.8 Å². The molecule has 0 unspecified atom stereocenters. The van der Waals surface area contributed by atoms with Gasteiger partial charge in [0.05, 0.1) is 5.75 Å². The molecule has 3 heterocycles. The molecule has 4 rings (SSSR count). The fourth-order valence-corrected chi connectivity index (χ4v) is 5.65. The first-order valence-electron chi connectivity index (χ1n) is 9.67. The van der Waals surface area contributed by atoms with Crippen LogP contribution in [0.15, 0.2) is 16.9 Å². The molecule has 2 bridgehead atoms. The summed E-state index contributed by atoms with van der Waals surface area (Å²) in [6.45, 7) is 2.39. The van der Waals surface area contributed by atoms with E-state index in [1.165, 1.54) is 43.4 Å². The van der Waals surface area contributed by atoms with Crippen LogP contribution in [0.4, 0.5) is 0 Å². The summed E-state index contributed by atoms with van der Waals surface area (Å²) >= 11 is 1.60. The Morgan fingerprint density at radius 3 is 2.68 bits per heavy atom. The zero-order chi connectivity index (χ0) is 17.4. The number of nitrogens with zero attached hydrogens (tertiary/aromatic N) is 2. The molecular weight excluding hydrogens is 332 g/mol. The minimum Gasteiger partial charge on any atom is -0.341 e. The Balaban J connectivity index is 1.69. The maximum absolute atomic E-state index is 12.5. The van der Waals surface area contributed by atoms with E-state index >= 15 is 0 Å². The van der Waals surface area contributed by atoms with Gasteiger partial charge in [-0.1, -0.05) is 25.3 Å². The molecule has 0 N–H and O–H groups in total. The molecule has 2 atom stereocenters. The maximum atomic E-state index is 12.5. The van der Waals surface area contributed by atoms with Crippen molar-refractivity contribution in [2.75, 3.05) is 25.1 Å². The summed E-state index contributed by atoms with van der Waals surface area (Å²) in [6, 6.07) is 3.89. The molecule has 1 saturated heterocycles. The predicted octanol–water partition coefficient (Wildman–Crippen LogP) is 3.20. The van der Waals surface area contributed by atoms with Crippen LogP contribution in [0.2, 0.25) is 0 Å². The Bertz CT molecular complexity index is 708. The Morgan fingerprint density at radius 2 is 1.92 bits per heavy atom. The molecule has 136 valence electrons. The van der Waals surface area contributed by atoms with Gasteiger partial charge in [-0.15, -0.1) is 0 Å². The second-order valence-corrected chi connectivity index (χ2v) is 8.85. The molecule has 5 heteroatoms. The Morgan fingerprint density at radius 1 is 1.12 bits per heavy atom. The smallest absolute Gasteiger partial charge is 0.250 e. The zero-order valence-corrected chi connectivity index (χ0v) is 15.9. The minimum atomic E-state index is 0.146. The van der Waals surface area contributed by atoms with E-state index < -0.39 is 0 Å². The van der Waals surface area contributed by atoms with Crippen LogP contribution < -0.4 is 5.56 Å². The predicted molar refractivity (Wildman–Crippen MR) is 102 cm³/mol. The average Bonchev–Trinajstić information content (AvgIpc) is 2.63. The monoisotopic (exact) mass is 360 g/mol. The molecule has 2 fully saturated rings. The van der Waals surface area contributed by atoms with Gasteiger partial charge in [-0.05, 0) is 42.9 Å². The summed E-state index contributed by atoms with van der Waals surface area (Å²) in [5.41, 5.74) is 2.81. The van der Waals surface area contributed by atoms with Crippen molar-refractivity contribution in [1.82, 2.24) is 9.47 Å². The topological polar surface area (TPSA) is 42.3 Å². The van der Waals surface area contributed by atoms with Crippen LogP contribution in [0, 0.1) is 5.92 Å². The van der Waals surface area contributed by atoms with Crippen LogP contribution in [0.25, 0.3) is 0 Å². The van der Waals surface area contributed by atoms with E-state index in [0.717, 1.165) is 26.1 Å². The van der Waals surface area contributed by atoms with Gasteiger partial charge in [0.15, 0.2) is 0 Å². The second-order valence-electron chi connectivity index (χ2n) is 7.99. The van der Waals surface area contributed by atoms with Gasteiger partial charge in [-0.2, -0.15) is 11.8 Å². The molecule has 1 saturated carbocycles. The van der Waals surface area contributed by atoms with E-state index in [1.807, 2.05) is 6.26 Å². The van der Waals surface area contributed by atoms with Gasteiger partial charge in [0.25, 0.3) is 5.56 Å². The highest BCUT2D eigenvalue weighted by atomic mass is 32.2. The van der Waals surface area contributed by atoms with Gasteiger partial charge < -0.3 is 9.47 Å².